The van der Waals surface area contributed by atoms with Gasteiger partial charge >= 0.3 is 6.03 Å². The molecule has 5 heterocycles. The van der Waals surface area contributed by atoms with Crippen LogP contribution in [-0.4, -0.2) is 74.4 Å². The van der Waals surface area contributed by atoms with Crippen LogP contribution in [0.4, 0.5) is 27.9 Å². The third kappa shape index (κ3) is 5.64. The second-order valence-electron chi connectivity index (χ2n) is 12.1. The number of rotatable bonds is 8. The van der Waals surface area contributed by atoms with Crippen LogP contribution >= 0.6 is 0 Å². The molecule has 3 aliphatic rings. The van der Waals surface area contributed by atoms with E-state index in [2.05, 4.69) is 43.3 Å². The number of likely N-dealkylation sites (tertiary alicyclic amines) is 1. The van der Waals surface area contributed by atoms with Gasteiger partial charge < -0.3 is 19.9 Å². The Balaban J connectivity index is 1.09. The van der Waals surface area contributed by atoms with Crippen molar-refractivity contribution in [3.63, 3.8) is 0 Å². The van der Waals surface area contributed by atoms with Gasteiger partial charge in [-0.05, 0) is 56.9 Å². The van der Waals surface area contributed by atoms with E-state index in [-0.39, 0.29) is 6.03 Å². The van der Waals surface area contributed by atoms with E-state index in [1.807, 2.05) is 54.5 Å². The number of aromatic nitrogens is 6. The summed E-state index contributed by atoms with van der Waals surface area (Å²) in [5.41, 5.74) is 6.43. The molecule has 7 rings (SSSR count). The number of aromatic amines is 1. The highest BCUT2D eigenvalue weighted by atomic mass is 16.5. The lowest BCUT2D eigenvalue weighted by Crippen LogP contribution is -2.46. The lowest BCUT2D eigenvalue weighted by molar-refractivity contribution is 0.187. The van der Waals surface area contributed by atoms with Crippen molar-refractivity contribution in [2.24, 2.45) is 0 Å². The number of imidazole rings is 1. The van der Waals surface area contributed by atoms with E-state index >= 15 is 0 Å². The van der Waals surface area contributed by atoms with E-state index in [0.29, 0.717) is 24.4 Å². The van der Waals surface area contributed by atoms with Crippen LogP contribution in [0.15, 0.2) is 60.9 Å². The molecule has 1 aliphatic carbocycles. The van der Waals surface area contributed by atoms with E-state index in [0.717, 1.165) is 96.2 Å². The lowest BCUT2D eigenvalue weighted by atomic mass is 10.0. The number of hydrogen-bond acceptors (Lipinski definition) is 8. The SMILES string of the molecule is CCN1CCC(n2cc(Nc3ncc4c(n3)N(C)C(=O)N(c3cc(-c5ncc(C6=C(OC)C=CCC6)[nH]5)ccc3C)C4)cn2)CC1. The number of amides is 2. The Bertz CT molecular complexity index is 1810. The van der Waals surface area contributed by atoms with E-state index < -0.39 is 0 Å². The average Bonchev–Trinajstić information content (AvgIpc) is 3.78. The molecule has 46 heavy (non-hydrogen) atoms. The first-order chi connectivity index (χ1) is 22.4. The van der Waals surface area contributed by atoms with Crippen LogP contribution < -0.4 is 15.1 Å². The molecule has 4 aromatic rings. The van der Waals surface area contributed by atoms with Crippen LogP contribution in [0.2, 0.25) is 0 Å². The van der Waals surface area contributed by atoms with Crippen LogP contribution in [0.3, 0.4) is 0 Å². The maximum Gasteiger partial charge on any atom is 0.330 e. The molecule has 1 fully saturated rings. The number of hydrogen-bond donors (Lipinski definition) is 2. The van der Waals surface area contributed by atoms with Crippen LogP contribution in [0, 0.1) is 6.92 Å². The van der Waals surface area contributed by atoms with Crippen LogP contribution in [0.1, 0.15) is 55.5 Å². The number of nitrogens with zero attached hydrogens (tertiary/aromatic N) is 8. The summed E-state index contributed by atoms with van der Waals surface area (Å²) in [6.45, 7) is 7.85. The highest BCUT2D eigenvalue weighted by Crippen LogP contribution is 2.35. The minimum absolute atomic E-state index is 0.160. The molecular formula is C34H40N10O2. The van der Waals surface area contributed by atoms with Crippen molar-refractivity contribution in [2.75, 3.05) is 48.9 Å². The molecule has 1 saturated heterocycles. The molecule has 12 nitrogen and oxygen atoms in total. The Morgan fingerprint density at radius 1 is 1.13 bits per heavy atom. The number of allylic oxidation sites excluding steroid dienone is 3. The van der Waals surface area contributed by atoms with Gasteiger partial charge in [0.1, 0.15) is 17.4 Å². The highest BCUT2D eigenvalue weighted by Gasteiger charge is 2.32. The molecule has 3 aromatic heterocycles. The summed E-state index contributed by atoms with van der Waals surface area (Å²) >= 11 is 0. The molecule has 1 aromatic carbocycles. The molecule has 0 saturated carbocycles. The molecule has 0 spiro atoms. The molecule has 0 atom stereocenters. The average molecular weight is 621 g/mol. The fourth-order valence-corrected chi connectivity index (χ4v) is 6.56. The number of fused-ring (bicyclic) bond motifs is 1. The number of methoxy groups -OCH3 is 1. The Kier molecular flexibility index (Phi) is 8.03. The van der Waals surface area contributed by atoms with Crippen molar-refractivity contribution in [1.82, 2.24) is 34.6 Å². The van der Waals surface area contributed by atoms with Crippen molar-refractivity contribution in [3.8, 4) is 11.4 Å². The number of nitrogens with one attached hydrogen (secondary N) is 2. The van der Waals surface area contributed by atoms with Crippen molar-refractivity contribution < 1.29 is 9.53 Å². The maximum absolute atomic E-state index is 13.8. The number of ether oxygens (including phenoxy) is 1. The first-order valence-electron chi connectivity index (χ1n) is 16.0. The molecule has 2 aliphatic heterocycles. The number of H-pyrrole nitrogens is 1. The lowest BCUT2D eigenvalue weighted by Gasteiger charge is -2.35. The van der Waals surface area contributed by atoms with Gasteiger partial charge in [-0.1, -0.05) is 25.1 Å². The zero-order valence-corrected chi connectivity index (χ0v) is 26.8. The third-order valence-electron chi connectivity index (χ3n) is 9.26. The summed E-state index contributed by atoms with van der Waals surface area (Å²) in [6.07, 6.45) is 15.6. The molecule has 0 bridgehead atoms. The maximum atomic E-state index is 13.8. The topological polar surface area (TPSA) is 120 Å². The quantitative estimate of drug-likeness (QED) is 0.244. The second-order valence-corrected chi connectivity index (χ2v) is 12.1. The van der Waals surface area contributed by atoms with Crippen molar-refractivity contribution in [3.05, 3.63) is 77.7 Å². The number of aryl methyl sites for hydroxylation is 1. The fourth-order valence-electron chi connectivity index (χ4n) is 6.56. The smallest absolute Gasteiger partial charge is 0.330 e. The zero-order valence-electron chi connectivity index (χ0n) is 26.8. The molecule has 2 amide bonds. The summed E-state index contributed by atoms with van der Waals surface area (Å²) in [7, 11) is 3.44. The number of anilines is 4. The van der Waals surface area contributed by atoms with E-state index in [1.165, 1.54) is 0 Å². The van der Waals surface area contributed by atoms with Crippen molar-refractivity contribution in [1.29, 1.82) is 0 Å². The summed E-state index contributed by atoms with van der Waals surface area (Å²) < 4.78 is 7.63. The molecule has 12 heteroatoms. The van der Waals surface area contributed by atoms with Gasteiger partial charge in [-0.25, -0.2) is 14.8 Å². The second kappa shape index (κ2) is 12.4. The number of carbonyl (C=O) groups is 1. The number of carbonyl (C=O) groups excluding carboxylic acids is 1. The van der Waals surface area contributed by atoms with Gasteiger partial charge in [0.25, 0.3) is 0 Å². The Labute approximate surface area is 268 Å². The van der Waals surface area contributed by atoms with Gasteiger partial charge in [0.2, 0.25) is 5.95 Å². The predicted octanol–water partition coefficient (Wildman–Crippen LogP) is 6.06. The van der Waals surface area contributed by atoms with Crippen molar-refractivity contribution in [2.45, 2.75) is 52.1 Å². The molecule has 0 radical (unpaired) electrons. The Hall–Kier alpha value is -4.97. The number of urea groups is 1. The minimum atomic E-state index is -0.160. The standard InChI is InChI=1S/C34H40N10O2/c1-5-42-14-12-26(13-15-42)44-21-25(18-37-44)38-33-36-17-24-20-43(34(45)41(3)32(24)40-33)29-16-23(11-10-22(29)2)31-35-19-28(39-31)27-8-6-7-9-30(27)46-4/h7,9-11,16-19,21,26H,5-6,8,12-15,20H2,1-4H3,(H,35,39)(H,36,38,40). The van der Waals surface area contributed by atoms with Gasteiger partial charge in [0.15, 0.2) is 0 Å². The Morgan fingerprint density at radius 2 is 1.98 bits per heavy atom. The Morgan fingerprint density at radius 3 is 2.78 bits per heavy atom. The monoisotopic (exact) mass is 620 g/mol. The van der Waals surface area contributed by atoms with Gasteiger partial charge in [0.05, 0.1) is 43.5 Å². The van der Waals surface area contributed by atoms with Crippen LogP contribution in [0.25, 0.3) is 17.0 Å². The summed E-state index contributed by atoms with van der Waals surface area (Å²) in [5.74, 6) is 2.61. The third-order valence-corrected chi connectivity index (χ3v) is 9.26. The van der Waals surface area contributed by atoms with Gasteiger partial charge in [-0.3, -0.25) is 14.5 Å². The largest absolute Gasteiger partial charge is 0.496 e. The van der Waals surface area contributed by atoms with Crippen molar-refractivity contribution >= 4 is 34.7 Å². The minimum Gasteiger partial charge on any atom is -0.496 e. The number of benzene rings is 1. The molecule has 0 unspecified atom stereocenters. The fraction of sp³-hybridized carbons (Fsp3) is 0.382. The normalized spacial score (nSPS) is 17.5. The van der Waals surface area contributed by atoms with Crippen LogP contribution in [0.5, 0.6) is 0 Å². The van der Waals surface area contributed by atoms with E-state index in [1.54, 1.807) is 30.2 Å². The van der Waals surface area contributed by atoms with E-state index in [9.17, 15) is 4.79 Å². The van der Waals surface area contributed by atoms with E-state index in [4.69, 9.17) is 9.72 Å². The van der Waals surface area contributed by atoms with Gasteiger partial charge in [-0.2, -0.15) is 10.1 Å². The molecular weight excluding hydrogens is 580 g/mol. The van der Waals surface area contributed by atoms with Gasteiger partial charge in [0, 0.05) is 54.9 Å². The highest BCUT2D eigenvalue weighted by molar-refractivity contribution is 6.05. The number of piperidine rings is 1. The van der Waals surface area contributed by atoms with Gasteiger partial charge in [-0.15, -0.1) is 0 Å². The zero-order chi connectivity index (χ0) is 31.8. The molecule has 238 valence electrons. The summed E-state index contributed by atoms with van der Waals surface area (Å²) in [5, 5.41) is 7.89. The van der Waals surface area contributed by atoms with Crippen LogP contribution in [-0.2, 0) is 11.3 Å². The predicted molar refractivity (Wildman–Crippen MR) is 179 cm³/mol. The summed E-state index contributed by atoms with van der Waals surface area (Å²) in [6, 6.07) is 6.30. The first-order valence-corrected chi connectivity index (χ1v) is 16.0. The summed E-state index contributed by atoms with van der Waals surface area (Å²) in [4.78, 5) is 37.1. The molecule has 2 N–H and O–H groups in total. The first kappa shape index (κ1) is 29.7.